The molecular formula is C19H23N3O4S. The average molecular weight is 389 g/mol. The van der Waals surface area contributed by atoms with E-state index in [0.717, 1.165) is 12.8 Å². The summed E-state index contributed by atoms with van der Waals surface area (Å²) >= 11 is 0. The Morgan fingerprint density at radius 3 is 2.52 bits per heavy atom. The quantitative estimate of drug-likeness (QED) is 0.760. The number of sulfonamides is 1. The van der Waals surface area contributed by atoms with E-state index in [1.165, 1.54) is 4.31 Å². The molecule has 0 aliphatic carbocycles. The minimum absolute atomic E-state index is 0.0183. The summed E-state index contributed by atoms with van der Waals surface area (Å²) in [5.41, 5.74) is 1.21. The molecule has 0 radical (unpaired) electrons. The number of hydrogen-bond donors (Lipinski definition) is 2. The second kappa shape index (κ2) is 8.41. The summed E-state index contributed by atoms with van der Waals surface area (Å²) in [4.78, 5) is 12.4. The fraction of sp³-hybridized carbons (Fsp3) is 0.316. The number of methoxy groups -OCH3 is 1. The van der Waals surface area contributed by atoms with Crippen molar-refractivity contribution in [2.75, 3.05) is 37.4 Å². The summed E-state index contributed by atoms with van der Waals surface area (Å²) in [7, 11) is -1.92. The molecule has 27 heavy (non-hydrogen) atoms. The minimum atomic E-state index is -3.48. The van der Waals surface area contributed by atoms with Crippen molar-refractivity contribution in [3.63, 3.8) is 0 Å². The topological polar surface area (TPSA) is 87.7 Å². The summed E-state index contributed by atoms with van der Waals surface area (Å²) < 4.78 is 31.9. The van der Waals surface area contributed by atoms with Gasteiger partial charge in [0.1, 0.15) is 5.75 Å². The molecule has 2 N–H and O–H groups in total. The molecular weight excluding hydrogens is 366 g/mol. The van der Waals surface area contributed by atoms with Gasteiger partial charge in [-0.3, -0.25) is 4.79 Å². The molecule has 2 aromatic rings. The molecule has 7 nitrogen and oxygen atoms in total. The molecule has 2 aromatic carbocycles. The van der Waals surface area contributed by atoms with Crippen molar-refractivity contribution < 1.29 is 17.9 Å². The van der Waals surface area contributed by atoms with Gasteiger partial charge in [-0.25, -0.2) is 8.42 Å². The van der Waals surface area contributed by atoms with E-state index in [0.29, 0.717) is 30.2 Å². The van der Waals surface area contributed by atoms with E-state index in [9.17, 15) is 13.2 Å². The number of rotatable bonds is 7. The van der Waals surface area contributed by atoms with Gasteiger partial charge in [0, 0.05) is 30.5 Å². The molecule has 3 rings (SSSR count). The number of amides is 1. The lowest BCUT2D eigenvalue weighted by Crippen LogP contribution is -2.28. The Bertz CT molecular complexity index is 909. The Morgan fingerprint density at radius 2 is 1.78 bits per heavy atom. The number of ether oxygens (including phenoxy) is 1. The van der Waals surface area contributed by atoms with Crippen LogP contribution in [0.4, 0.5) is 11.4 Å². The Kier molecular flexibility index (Phi) is 5.98. The maximum absolute atomic E-state index is 12.6. The van der Waals surface area contributed by atoms with Crippen molar-refractivity contribution >= 4 is 27.3 Å². The Labute approximate surface area is 159 Å². The number of benzene rings is 2. The lowest BCUT2D eigenvalue weighted by Gasteiger charge is -2.16. The molecule has 1 amide bonds. The molecule has 144 valence electrons. The minimum Gasteiger partial charge on any atom is -0.497 e. The summed E-state index contributed by atoms with van der Waals surface area (Å²) in [5, 5.41) is 5.74. The predicted molar refractivity (Wildman–Crippen MR) is 105 cm³/mol. The zero-order valence-corrected chi connectivity index (χ0v) is 16.0. The molecule has 0 bridgehead atoms. The number of anilines is 2. The van der Waals surface area contributed by atoms with Crippen LogP contribution in [0.2, 0.25) is 0 Å². The highest BCUT2D eigenvalue weighted by Crippen LogP contribution is 2.23. The highest BCUT2D eigenvalue weighted by molar-refractivity contribution is 7.89. The summed E-state index contributed by atoms with van der Waals surface area (Å²) in [6.45, 7) is 1.14. The zero-order valence-electron chi connectivity index (χ0n) is 15.1. The highest BCUT2D eigenvalue weighted by atomic mass is 32.2. The van der Waals surface area contributed by atoms with Gasteiger partial charge in [0.15, 0.2) is 0 Å². The van der Waals surface area contributed by atoms with Crippen LogP contribution in [-0.4, -0.2) is 45.4 Å². The predicted octanol–water partition coefficient (Wildman–Crippen LogP) is 2.53. The van der Waals surface area contributed by atoms with Crippen LogP contribution in [0.15, 0.2) is 53.4 Å². The third kappa shape index (κ3) is 4.78. The Balaban J connectivity index is 1.62. The molecule has 0 spiro atoms. The fourth-order valence-corrected chi connectivity index (χ4v) is 4.50. The monoisotopic (exact) mass is 389 g/mol. The Morgan fingerprint density at radius 1 is 1.07 bits per heavy atom. The van der Waals surface area contributed by atoms with Gasteiger partial charge >= 0.3 is 0 Å². The lowest BCUT2D eigenvalue weighted by atomic mass is 10.3. The van der Waals surface area contributed by atoms with E-state index < -0.39 is 10.0 Å². The van der Waals surface area contributed by atoms with Crippen LogP contribution < -0.4 is 15.4 Å². The second-order valence-corrected chi connectivity index (χ2v) is 8.21. The largest absolute Gasteiger partial charge is 0.497 e. The van der Waals surface area contributed by atoms with Gasteiger partial charge in [-0.15, -0.1) is 0 Å². The van der Waals surface area contributed by atoms with E-state index in [4.69, 9.17) is 4.74 Å². The summed E-state index contributed by atoms with van der Waals surface area (Å²) in [5.74, 6) is 0.414. The van der Waals surface area contributed by atoms with Gasteiger partial charge in [-0.1, -0.05) is 12.1 Å². The van der Waals surface area contributed by atoms with Gasteiger partial charge in [0.2, 0.25) is 15.9 Å². The van der Waals surface area contributed by atoms with Crippen LogP contribution in [0.5, 0.6) is 5.75 Å². The highest BCUT2D eigenvalue weighted by Gasteiger charge is 2.27. The van der Waals surface area contributed by atoms with E-state index in [1.54, 1.807) is 55.6 Å². The fourth-order valence-electron chi connectivity index (χ4n) is 2.93. The number of carbonyl (C=O) groups excluding carboxylic acids is 1. The van der Waals surface area contributed by atoms with Crippen LogP contribution in [0.1, 0.15) is 12.8 Å². The molecule has 0 unspecified atom stereocenters. The number of nitrogens with zero attached hydrogens (tertiary/aromatic N) is 1. The van der Waals surface area contributed by atoms with Crippen LogP contribution in [0, 0.1) is 0 Å². The van der Waals surface area contributed by atoms with Crippen molar-refractivity contribution in [2.24, 2.45) is 0 Å². The van der Waals surface area contributed by atoms with Gasteiger partial charge in [-0.2, -0.15) is 4.31 Å². The number of carbonyl (C=O) groups is 1. The lowest BCUT2D eigenvalue weighted by molar-refractivity contribution is -0.114. The van der Waals surface area contributed by atoms with Gasteiger partial charge in [-0.05, 0) is 43.2 Å². The number of hydrogen-bond acceptors (Lipinski definition) is 5. The van der Waals surface area contributed by atoms with Gasteiger partial charge < -0.3 is 15.4 Å². The molecule has 8 heteroatoms. The first kappa shape index (κ1) is 19.2. The van der Waals surface area contributed by atoms with Crippen molar-refractivity contribution in [1.82, 2.24) is 4.31 Å². The van der Waals surface area contributed by atoms with Crippen molar-refractivity contribution in [2.45, 2.75) is 17.7 Å². The van der Waals surface area contributed by atoms with Crippen molar-refractivity contribution in [3.8, 4) is 5.75 Å². The van der Waals surface area contributed by atoms with Crippen LogP contribution in [0.25, 0.3) is 0 Å². The molecule has 0 aromatic heterocycles. The van der Waals surface area contributed by atoms with E-state index in [-0.39, 0.29) is 17.3 Å². The SMILES string of the molecule is COc1cccc(NC(=O)CNc2cccc(S(=O)(=O)N3CCCC3)c2)c1. The zero-order chi connectivity index (χ0) is 19.3. The first-order valence-electron chi connectivity index (χ1n) is 8.77. The van der Waals surface area contributed by atoms with Crippen LogP contribution in [-0.2, 0) is 14.8 Å². The maximum atomic E-state index is 12.6. The van der Waals surface area contributed by atoms with Gasteiger partial charge in [0.25, 0.3) is 0 Å². The maximum Gasteiger partial charge on any atom is 0.243 e. The van der Waals surface area contributed by atoms with Crippen molar-refractivity contribution in [1.29, 1.82) is 0 Å². The molecule has 1 aliphatic heterocycles. The first-order chi connectivity index (χ1) is 13.0. The molecule has 1 saturated heterocycles. The molecule has 0 saturated carbocycles. The second-order valence-electron chi connectivity index (χ2n) is 6.27. The molecule has 1 aliphatic rings. The number of nitrogens with one attached hydrogen (secondary N) is 2. The summed E-state index contributed by atoms with van der Waals surface area (Å²) in [6, 6.07) is 13.6. The van der Waals surface area contributed by atoms with Crippen LogP contribution >= 0.6 is 0 Å². The van der Waals surface area contributed by atoms with Gasteiger partial charge in [0.05, 0.1) is 18.6 Å². The summed E-state index contributed by atoms with van der Waals surface area (Å²) in [6.07, 6.45) is 1.78. The average Bonchev–Trinajstić information content (AvgIpc) is 3.22. The molecule has 1 heterocycles. The standard InChI is InChI=1S/C19H23N3O4S/c1-26-17-8-4-7-16(12-17)21-19(23)14-20-15-6-5-9-18(13-15)27(24,25)22-10-2-3-11-22/h4-9,12-13,20H,2-3,10-11,14H2,1H3,(H,21,23). The Hall–Kier alpha value is -2.58. The third-order valence-corrected chi connectivity index (χ3v) is 6.24. The first-order valence-corrected chi connectivity index (χ1v) is 10.2. The third-order valence-electron chi connectivity index (χ3n) is 4.34. The normalized spacial score (nSPS) is 14.7. The van der Waals surface area contributed by atoms with Crippen LogP contribution in [0.3, 0.4) is 0 Å². The van der Waals surface area contributed by atoms with E-state index in [2.05, 4.69) is 10.6 Å². The van der Waals surface area contributed by atoms with E-state index >= 15 is 0 Å². The molecule has 1 fully saturated rings. The smallest absolute Gasteiger partial charge is 0.243 e. The molecule has 0 atom stereocenters. The van der Waals surface area contributed by atoms with E-state index in [1.807, 2.05) is 0 Å². The van der Waals surface area contributed by atoms with Crippen molar-refractivity contribution in [3.05, 3.63) is 48.5 Å².